The van der Waals surface area contributed by atoms with Crippen LogP contribution in [0, 0.1) is 0 Å². The first kappa shape index (κ1) is 21.0. The van der Waals surface area contributed by atoms with Crippen molar-refractivity contribution >= 4 is 11.9 Å². The lowest BCUT2D eigenvalue weighted by Crippen LogP contribution is -2.39. The molecule has 0 heterocycles. The maximum atomic E-state index is 12.0. The van der Waals surface area contributed by atoms with E-state index >= 15 is 0 Å². The summed E-state index contributed by atoms with van der Waals surface area (Å²) >= 11 is 0. The molecule has 0 aliphatic carbocycles. The smallest absolute Gasteiger partial charge is 0.251 e. The minimum Gasteiger partial charge on any atom is -0.380 e. The summed E-state index contributed by atoms with van der Waals surface area (Å²) in [5.41, 5.74) is 1.75. The van der Waals surface area contributed by atoms with Crippen molar-refractivity contribution in [3.8, 4) is 0 Å². The second kappa shape index (κ2) is 13.2. The predicted molar refractivity (Wildman–Crippen MR) is 103 cm³/mol. The van der Waals surface area contributed by atoms with Crippen LogP contribution >= 0.6 is 0 Å². The number of aliphatic imine (C=N–C) groups is 1. The molecule has 0 aliphatic rings. The molecule has 1 aromatic rings. The van der Waals surface area contributed by atoms with Crippen LogP contribution in [0.25, 0.3) is 0 Å². The molecule has 0 bridgehead atoms. The number of amides is 1. The van der Waals surface area contributed by atoms with Gasteiger partial charge in [0, 0.05) is 31.8 Å². The average molecular weight is 348 g/mol. The van der Waals surface area contributed by atoms with Gasteiger partial charge in [0.2, 0.25) is 0 Å². The SMILES string of the molecule is CCCCNC(=O)c1ccc(CN=C(NCC)NCCOCC)cc1. The van der Waals surface area contributed by atoms with E-state index in [1.165, 1.54) is 0 Å². The van der Waals surface area contributed by atoms with Crippen LogP contribution in [-0.2, 0) is 11.3 Å². The van der Waals surface area contributed by atoms with Crippen molar-refractivity contribution in [2.24, 2.45) is 4.99 Å². The minimum absolute atomic E-state index is 0.0190. The van der Waals surface area contributed by atoms with Gasteiger partial charge in [-0.25, -0.2) is 4.99 Å². The topological polar surface area (TPSA) is 74.8 Å². The fraction of sp³-hybridized carbons (Fsp3) is 0.579. The van der Waals surface area contributed by atoms with Crippen molar-refractivity contribution < 1.29 is 9.53 Å². The van der Waals surface area contributed by atoms with Gasteiger partial charge in [0.25, 0.3) is 5.91 Å². The molecule has 0 spiro atoms. The predicted octanol–water partition coefficient (Wildman–Crippen LogP) is 2.31. The Kier molecular flexibility index (Phi) is 11.1. The molecule has 6 nitrogen and oxygen atoms in total. The largest absolute Gasteiger partial charge is 0.380 e. The molecule has 140 valence electrons. The van der Waals surface area contributed by atoms with E-state index in [2.05, 4.69) is 27.9 Å². The van der Waals surface area contributed by atoms with Crippen molar-refractivity contribution in [1.82, 2.24) is 16.0 Å². The standard InChI is InChI=1S/C19H32N4O2/c1-4-7-12-21-18(24)17-10-8-16(9-11-17)15-23-19(20-5-2)22-13-14-25-6-3/h8-11H,4-7,12-15H2,1-3H3,(H,21,24)(H2,20,22,23). The normalized spacial score (nSPS) is 11.2. The quantitative estimate of drug-likeness (QED) is 0.326. The molecule has 0 fully saturated rings. The minimum atomic E-state index is -0.0190. The number of benzene rings is 1. The molecule has 1 rings (SSSR count). The zero-order chi connectivity index (χ0) is 18.3. The lowest BCUT2D eigenvalue weighted by Gasteiger charge is -2.11. The first-order chi connectivity index (χ1) is 12.2. The number of nitrogens with zero attached hydrogens (tertiary/aromatic N) is 1. The molecular weight excluding hydrogens is 316 g/mol. The van der Waals surface area contributed by atoms with Gasteiger partial charge < -0.3 is 20.7 Å². The third-order valence-corrected chi connectivity index (χ3v) is 3.54. The highest BCUT2D eigenvalue weighted by Crippen LogP contribution is 2.06. The van der Waals surface area contributed by atoms with E-state index in [1.54, 1.807) is 0 Å². The highest BCUT2D eigenvalue weighted by Gasteiger charge is 2.04. The van der Waals surface area contributed by atoms with Gasteiger partial charge in [-0.15, -0.1) is 0 Å². The van der Waals surface area contributed by atoms with E-state index in [-0.39, 0.29) is 5.91 Å². The molecule has 0 aliphatic heterocycles. The van der Waals surface area contributed by atoms with Crippen molar-refractivity contribution in [2.45, 2.75) is 40.2 Å². The van der Waals surface area contributed by atoms with E-state index in [0.29, 0.717) is 25.3 Å². The van der Waals surface area contributed by atoms with Crippen LogP contribution in [0.4, 0.5) is 0 Å². The van der Waals surface area contributed by atoms with Crippen molar-refractivity contribution in [3.63, 3.8) is 0 Å². The van der Waals surface area contributed by atoms with Crippen LogP contribution in [0.3, 0.4) is 0 Å². The van der Waals surface area contributed by atoms with Crippen molar-refractivity contribution in [1.29, 1.82) is 0 Å². The third kappa shape index (κ3) is 9.10. The van der Waals surface area contributed by atoms with Crippen LogP contribution in [0.15, 0.2) is 29.3 Å². The fourth-order valence-electron chi connectivity index (χ4n) is 2.14. The molecule has 3 N–H and O–H groups in total. The maximum Gasteiger partial charge on any atom is 0.251 e. The van der Waals surface area contributed by atoms with Crippen molar-refractivity contribution in [2.75, 3.05) is 32.8 Å². The first-order valence-corrected chi connectivity index (χ1v) is 9.18. The van der Waals surface area contributed by atoms with Gasteiger partial charge in [0.05, 0.1) is 13.2 Å². The third-order valence-electron chi connectivity index (χ3n) is 3.54. The van der Waals surface area contributed by atoms with Gasteiger partial charge in [-0.2, -0.15) is 0 Å². The van der Waals surface area contributed by atoms with E-state index in [0.717, 1.165) is 44.0 Å². The Bertz CT molecular complexity index is 515. The number of carbonyl (C=O) groups excluding carboxylic acids is 1. The summed E-state index contributed by atoms with van der Waals surface area (Å²) in [5.74, 6) is 0.748. The van der Waals surface area contributed by atoms with Crippen LogP contribution in [0.5, 0.6) is 0 Å². The first-order valence-electron chi connectivity index (χ1n) is 9.18. The zero-order valence-corrected chi connectivity index (χ0v) is 15.7. The van der Waals surface area contributed by atoms with Crippen LogP contribution in [0.2, 0.25) is 0 Å². The number of nitrogens with one attached hydrogen (secondary N) is 3. The molecule has 0 saturated heterocycles. The average Bonchev–Trinajstić information content (AvgIpc) is 2.63. The molecule has 0 saturated carbocycles. The maximum absolute atomic E-state index is 12.0. The summed E-state index contributed by atoms with van der Waals surface area (Å²) in [4.78, 5) is 16.5. The summed E-state index contributed by atoms with van der Waals surface area (Å²) in [6.45, 7) is 10.3. The highest BCUT2D eigenvalue weighted by molar-refractivity contribution is 5.94. The van der Waals surface area contributed by atoms with E-state index in [1.807, 2.05) is 38.1 Å². The number of guanidine groups is 1. The molecule has 0 unspecified atom stereocenters. The Morgan fingerprint density at radius 1 is 1.04 bits per heavy atom. The Balaban J connectivity index is 2.52. The van der Waals surface area contributed by atoms with Gasteiger partial charge in [-0.3, -0.25) is 4.79 Å². The van der Waals surface area contributed by atoms with Crippen LogP contribution in [0.1, 0.15) is 49.5 Å². The number of hydrogen-bond donors (Lipinski definition) is 3. The van der Waals surface area contributed by atoms with Crippen molar-refractivity contribution in [3.05, 3.63) is 35.4 Å². The van der Waals surface area contributed by atoms with E-state index < -0.39 is 0 Å². The second-order valence-corrected chi connectivity index (χ2v) is 5.63. The fourth-order valence-corrected chi connectivity index (χ4v) is 2.14. The van der Waals surface area contributed by atoms with Gasteiger partial charge in [0.15, 0.2) is 5.96 Å². The van der Waals surface area contributed by atoms with Gasteiger partial charge >= 0.3 is 0 Å². The molecule has 0 radical (unpaired) electrons. The molecule has 0 aromatic heterocycles. The molecular formula is C19H32N4O2. The van der Waals surface area contributed by atoms with Gasteiger partial charge in [-0.1, -0.05) is 25.5 Å². The summed E-state index contributed by atoms with van der Waals surface area (Å²) in [6.07, 6.45) is 2.08. The lowest BCUT2D eigenvalue weighted by atomic mass is 10.1. The molecule has 25 heavy (non-hydrogen) atoms. The number of rotatable bonds is 11. The van der Waals surface area contributed by atoms with Gasteiger partial charge in [-0.05, 0) is 38.0 Å². The Labute approximate surface area is 151 Å². The number of carbonyl (C=O) groups is 1. The summed E-state index contributed by atoms with van der Waals surface area (Å²) in [7, 11) is 0. The molecule has 6 heteroatoms. The Morgan fingerprint density at radius 3 is 2.44 bits per heavy atom. The number of unbranched alkanes of at least 4 members (excludes halogenated alkanes) is 1. The Hall–Kier alpha value is -2.08. The Morgan fingerprint density at radius 2 is 1.80 bits per heavy atom. The zero-order valence-electron chi connectivity index (χ0n) is 15.7. The van der Waals surface area contributed by atoms with E-state index in [9.17, 15) is 4.79 Å². The van der Waals surface area contributed by atoms with Crippen LogP contribution in [-0.4, -0.2) is 44.7 Å². The summed E-state index contributed by atoms with van der Waals surface area (Å²) in [5, 5.41) is 9.36. The number of hydrogen-bond acceptors (Lipinski definition) is 3. The summed E-state index contributed by atoms with van der Waals surface area (Å²) in [6, 6.07) is 7.59. The van der Waals surface area contributed by atoms with Gasteiger partial charge in [0.1, 0.15) is 0 Å². The van der Waals surface area contributed by atoms with E-state index in [4.69, 9.17) is 4.74 Å². The molecule has 1 amide bonds. The molecule has 1 aromatic carbocycles. The molecule has 0 atom stereocenters. The summed E-state index contributed by atoms with van der Waals surface area (Å²) < 4.78 is 5.31. The second-order valence-electron chi connectivity index (χ2n) is 5.63. The lowest BCUT2D eigenvalue weighted by molar-refractivity contribution is 0.0953. The highest BCUT2D eigenvalue weighted by atomic mass is 16.5. The monoisotopic (exact) mass is 348 g/mol. The van der Waals surface area contributed by atoms with Crippen LogP contribution < -0.4 is 16.0 Å². The number of ether oxygens (including phenoxy) is 1.